The molecule has 1 aromatic rings. The smallest absolute Gasteiger partial charge is 0.229 e. The minimum Gasteiger partial charge on any atom is -0.229 e. The molecule has 0 spiro atoms. The molecular formula is C14H21NO4S2. The molecule has 0 amide bonds. The summed E-state index contributed by atoms with van der Waals surface area (Å²) in [6.45, 7) is 5.69. The summed E-state index contributed by atoms with van der Waals surface area (Å²) in [7, 11) is -6.78. The molecule has 0 radical (unpaired) electrons. The molecule has 7 heteroatoms. The summed E-state index contributed by atoms with van der Waals surface area (Å²) < 4.78 is 50.2. The molecule has 0 aliphatic carbocycles. The van der Waals surface area contributed by atoms with E-state index in [9.17, 15) is 16.8 Å². The molecule has 1 saturated heterocycles. The van der Waals surface area contributed by atoms with Crippen molar-refractivity contribution in [3.05, 3.63) is 29.3 Å². The highest BCUT2D eigenvalue weighted by Gasteiger charge is 2.38. The van der Waals surface area contributed by atoms with Gasteiger partial charge in [0.15, 0.2) is 9.84 Å². The van der Waals surface area contributed by atoms with Crippen LogP contribution in [0.5, 0.6) is 0 Å². The standard InChI is InChI=1S/C14H21NO4S2/c1-4-15(13-7-8-20(16,17)10-13)21(18,19)14-6-5-11(2)9-12(14)3/h5-6,9,13H,4,7-8,10H2,1-3H3/t13-/m0/s1. The van der Waals surface area contributed by atoms with Crippen molar-refractivity contribution in [3.8, 4) is 0 Å². The van der Waals surface area contributed by atoms with Crippen LogP contribution in [0.3, 0.4) is 0 Å². The van der Waals surface area contributed by atoms with Gasteiger partial charge in [0.2, 0.25) is 10.0 Å². The molecule has 1 aliphatic rings. The van der Waals surface area contributed by atoms with Gasteiger partial charge in [0.25, 0.3) is 0 Å². The molecule has 1 heterocycles. The molecule has 0 unspecified atom stereocenters. The molecule has 1 aliphatic heterocycles. The first-order valence-electron chi connectivity index (χ1n) is 6.97. The molecule has 0 N–H and O–H groups in total. The van der Waals surface area contributed by atoms with Gasteiger partial charge in [-0.15, -0.1) is 0 Å². The first-order chi connectivity index (χ1) is 9.67. The van der Waals surface area contributed by atoms with Crippen LogP contribution in [0.25, 0.3) is 0 Å². The lowest BCUT2D eigenvalue weighted by Crippen LogP contribution is -2.41. The number of hydrogen-bond donors (Lipinski definition) is 0. The van der Waals surface area contributed by atoms with Gasteiger partial charge in [-0.05, 0) is 31.9 Å². The molecule has 118 valence electrons. The lowest BCUT2D eigenvalue weighted by molar-refractivity contribution is 0.354. The van der Waals surface area contributed by atoms with Crippen LogP contribution < -0.4 is 0 Å². The fraction of sp³-hybridized carbons (Fsp3) is 0.571. The van der Waals surface area contributed by atoms with Crippen molar-refractivity contribution in [2.24, 2.45) is 0 Å². The van der Waals surface area contributed by atoms with E-state index in [-0.39, 0.29) is 22.9 Å². The lowest BCUT2D eigenvalue weighted by Gasteiger charge is -2.26. The number of rotatable bonds is 4. The van der Waals surface area contributed by atoms with E-state index < -0.39 is 25.9 Å². The number of hydrogen-bond acceptors (Lipinski definition) is 4. The molecule has 5 nitrogen and oxygen atoms in total. The van der Waals surface area contributed by atoms with Crippen LogP contribution in [0, 0.1) is 13.8 Å². The Balaban J connectivity index is 2.41. The normalized spacial score (nSPS) is 21.8. The van der Waals surface area contributed by atoms with Crippen molar-refractivity contribution in [1.82, 2.24) is 4.31 Å². The molecule has 1 fully saturated rings. The van der Waals surface area contributed by atoms with Gasteiger partial charge < -0.3 is 0 Å². The first-order valence-corrected chi connectivity index (χ1v) is 10.2. The third-order valence-electron chi connectivity index (χ3n) is 3.84. The van der Waals surface area contributed by atoms with Crippen LogP contribution in [0.15, 0.2) is 23.1 Å². The van der Waals surface area contributed by atoms with Crippen LogP contribution in [-0.2, 0) is 19.9 Å². The van der Waals surface area contributed by atoms with Crippen LogP contribution >= 0.6 is 0 Å². The Bertz CT molecular complexity index is 738. The monoisotopic (exact) mass is 331 g/mol. The number of aryl methyl sites for hydroxylation is 2. The third-order valence-corrected chi connectivity index (χ3v) is 7.78. The van der Waals surface area contributed by atoms with E-state index in [0.29, 0.717) is 12.0 Å². The Morgan fingerprint density at radius 2 is 1.95 bits per heavy atom. The summed E-state index contributed by atoms with van der Waals surface area (Å²) in [5.74, 6) is -0.0124. The first kappa shape index (κ1) is 16.5. The van der Waals surface area contributed by atoms with E-state index >= 15 is 0 Å². The average Bonchev–Trinajstić information content (AvgIpc) is 2.69. The highest BCUT2D eigenvalue weighted by atomic mass is 32.2. The zero-order chi connectivity index (χ0) is 15.8. The zero-order valence-electron chi connectivity index (χ0n) is 12.5. The maximum atomic E-state index is 12.8. The summed E-state index contributed by atoms with van der Waals surface area (Å²) in [5.41, 5.74) is 1.69. The fourth-order valence-corrected chi connectivity index (χ4v) is 6.54. The summed E-state index contributed by atoms with van der Waals surface area (Å²) in [5, 5.41) is 0. The van der Waals surface area contributed by atoms with Crippen molar-refractivity contribution >= 4 is 19.9 Å². The van der Waals surface area contributed by atoms with Crippen molar-refractivity contribution < 1.29 is 16.8 Å². The molecular weight excluding hydrogens is 310 g/mol. The van der Waals surface area contributed by atoms with E-state index in [4.69, 9.17) is 0 Å². The molecule has 21 heavy (non-hydrogen) atoms. The van der Waals surface area contributed by atoms with Crippen LogP contribution in [0.1, 0.15) is 24.5 Å². The van der Waals surface area contributed by atoms with Gasteiger partial charge in [0.1, 0.15) is 0 Å². The van der Waals surface area contributed by atoms with Gasteiger partial charge in [-0.1, -0.05) is 24.6 Å². The second-order valence-electron chi connectivity index (χ2n) is 5.53. The Hall–Kier alpha value is -0.920. The molecule has 2 rings (SSSR count). The van der Waals surface area contributed by atoms with Gasteiger partial charge >= 0.3 is 0 Å². The van der Waals surface area contributed by atoms with E-state index in [2.05, 4.69) is 0 Å². The Morgan fingerprint density at radius 3 is 2.43 bits per heavy atom. The molecule has 0 bridgehead atoms. The highest BCUT2D eigenvalue weighted by molar-refractivity contribution is 7.92. The van der Waals surface area contributed by atoms with Gasteiger partial charge in [-0.25, -0.2) is 16.8 Å². The Kier molecular flexibility index (Phi) is 4.46. The summed E-state index contributed by atoms with van der Waals surface area (Å²) in [4.78, 5) is 0.263. The van der Waals surface area contributed by atoms with E-state index in [1.165, 1.54) is 4.31 Å². The second kappa shape index (κ2) is 5.70. The largest absolute Gasteiger partial charge is 0.243 e. The zero-order valence-corrected chi connectivity index (χ0v) is 14.2. The SMILES string of the molecule is CCN([C@H]1CCS(=O)(=O)C1)S(=O)(=O)c1ccc(C)cc1C. The van der Waals surface area contributed by atoms with Crippen molar-refractivity contribution in [2.45, 2.75) is 38.1 Å². The van der Waals surface area contributed by atoms with E-state index in [1.807, 2.05) is 13.0 Å². The summed E-state index contributed by atoms with van der Waals surface area (Å²) in [6.07, 6.45) is 0.375. The summed E-state index contributed by atoms with van der Waals surface area (Å²) in [6, 6.07) is 4.74. The van der Waals surface area contributed by atoms with Crippen LogP contribution in [0.2, 0.25) is 0 Å². The molecule has 1 aromatic carbocycles. The predicted octanol–water partition coefficient (Wildman–Crippen LogP) is 1.50. The van der Waals surface area contributed by atoms with Gasteiger partial charge in [0.05, 0.1) is 16.4 Å². The minimum atomic E-state index is -3.66. The number of sulfone groups is 1. The lowest BCUT2D eigenvalue weighted by atomic mass is 10.2. The topological polar surface area (TPSA) is 71.5 Å². The molecule has 0 aromatic heterocycles. The maximum Gasteiger partial charge on any atom is 0.243 e. The fourth-order valence-electron chi connectivity index (χ4n) is 2.84. The Morgan fingerprint density at radius 1 is 1.29 bits per heavy atom. The second-order valence-corrected chi connectivity index (χ2v) is 9.62. The number of nitrogens with zero attached hydrogens (tertiary/aromatic N) is 1. The van der Waals surface area contributed by atoms with Crippen LogP contribution in [0.4, 0.5) is 0 Å². The quantitative estimate of drug-likeness (QED) is 0.838. The number of sulfonamides is 1. The van der Waals surface area contributed by atoms with Gasteiger partial charge in [0, 0.05) is 12.6 Å². The van der Waals surface area contributed by atoms with E-state index in [1.54, 1.807) is 26.0 Å². The van der Waals surface area contributed by atoms with Crippen LogP contribution in [-0.4, -0.2) is 45.2 Å². The Labute approximate surface area is 126 Å². The van der Waals surface area contributed by atoms with Crippen molar-refractivity contribution in [3.63, 3.8) is 0 Å². The third kappa shape index (κ3) is 3.30. The predicted molar refractivity (Wildman–Crippen MR) is 82.5 cm³/mol. The van der Waals surface area contributed by atoms with Crippen molar-refractivity contribution in [2.75, 3.05) is 18.1 Å². The minimum absolute atomic E-state index is 0.0660. The van der Waals surface area contributed by atoms with Crippen molar-refractivity contribution in [1.29, 1.82) is 0 Å². The molecule has 0 saturated carbocycles. The molecule has 1 atom stereocenters. The van der Waals surface area contributed by atoms with Gasteiger partial charge in [-0.2, -0.15) is 4.31 Å². The number of benzene rings is 1. The highest BCUT2D eigenvalue weighted by Crippen LogP contribution is 2.26. The maximum absolute atomic E-state index is 12.8. The van der Waals surface area contributed by atoms with E-state index in [0.717, 1.165) is 5.56 Å². The average molecular weight is 331 g/mol. The summed E-state index contributed by atoms with van der Waals surface area (Å²) >= 11 is 0. The van der Waals surface area contributed by atoms with Gasteiger partial charge in [-0.3, -0.25) is 0 Å².